The van der Waals surface area contributed by atoms with Crippen molar-refractivity contribution < 1.29 is 28.9 Å². The first kappa shape index (κ1) is 25.6. The number of hydrogen-bond acceptors (Lipinski definition) is 6. The van der Waals surface area contributed by atoms with Crippen LogP contribution in [0.1, 0.15) is 90.4 Å². The molecule has 0 bridgehead atoms. The lowest BCUT2D eigenvalue weighted by Gasteiger charge is -2.24. The van der Waals surface area contributed by atoms with Crippen LogP contribution in [0.4, 0.5) is 0 Å². The van der Waals surface area contributed by atoms with E-state index in [0.717, 1.165) is 24.8 Å². The van der Waals surface area contributed by atoms with Gasteiger partial charge in [0.05, 0.1) is 20.3 Å². The number of rotatable bonds is 16. The van der Waals surface area contributed by atoms with E-state index >= 15 is 0 Å². The maximum atomic E-state index is 12.0. The summed E-state index contributed by atoms with van der Waals surface area (Å²) in [5.74, 6) is -0.714. The molecular formula is C23H40O6. The Bertz CT molecular complexity index is 502. The van der Waals surface area contributed by atoms with Gasteiger partial charge in [-0.3, -0.25) is 4.79 Å². The van der Waals surface area contributed by atoms with Crippen molar-refractivity contribution in [3.63, 3.8) is 0 Å². The molecule has 29 heavy (non-hydrogen) atoms. The van der Waals surface area contributed by atoms with Crippen molar-refractivity contribution in [3.8, 4) is 0 Å². The van der Waals surface area contributed by atoms with E-state index in [1.807, 2.05) is 0 Å². The first-order chi connectivity index (χ1) is 14.0. The molecule has 1 aliphatic heterocycles. The molecule has 1 atom stereocenters. The summed E-state index contributed by atoms with van der Waals surface area (Å²) < 4.78 is 15.5. The standard InChI is InChI=1S/C23H40O6/c1-3-4-5-6-7-8-9-10-11-12-13-14-21(25)28-19-23(18-24)16-20(17-29-23)15-22(26)27-2/h15,24H,3-14,16-19H2,1-2H3/b20-15+. The summed E-state index contributed by atoms with van der Waals surface area (Å²) >= 11 is 0. The van der Waals surface area contributed by atoms with Crippen LogP contribution in [0.15, 0.2) is 11.6 Å². The molecule has 0 aromatic rings. The molecule has 1 unspecified atom stereocenters. The van der Waals surface area contributed by atoms with Crippen LogP contribution in [0.5, 0.6) is 0 Å². The number of unbranched alkanes of at least 4 members (excludes halogenated alkanes) is 10. The Balaban J connectivity index is 2.08. The minimum atomic E-state index is -0.952. The number of aliphatic hydroxyl groups excluding tert-OH is 1. The highest BCUT2D eigenvalue weighted by molar-refractivity contribution is 5.82. The molecule has 1 rings (SSSR count). The lowest BCUT2D eigenvalue weighted by molar-refractivity contribution is -0.155. The van der Waals surface area contributed by atoms with Crippen LogP contribution in [0.3, 0.4) is 0 Å². The van der Waals surface area contributed by atoms with Gasteiger partial charge < -0.3 is 19.3 Å². The van der Waals surface area contributed by atoms with E-state index < -0.39 is 11.6 Å². The minimum absolute atomic E-state index is 0.00111. The molecule has 1 fully saturated rings. The molecular weight excluding hydrogens is 372 g/mol. The molecule has 0 amide bonds. The molecule has 0 saturated carbocycles. The van der Waals surface area contributed by atoms with Gasteiger partial charge in [0.2, 0.25) is 0 Å². The highest BCUT2D eigenvalue weighted by Gasteiger charge is 2.39. The fraction of sp³-hybridized carbons (Fsp3) is 0.826. The molecule has 1 aliphatic rings. The number of aliphatic hydroxyl groups is 1. The van der Waals surface area contributed by atoms with Crippen molar-refractivity contribution in [2.45, 2.75) is 96.0 Å². The number of carbonyl (C=O) groups is 2. The molecule has 0 aliphatic carbocycles. The quantitative estimate of drug-likeness (QED) is 0.229. The second-order valence-corrected chi connectivity index (χ2v) is 8.08. The third-order valence-electron chi connectivity index (χ3n) is 5.40. The van der Waals surface area contributed by atoms with E-state index in [4.69, 9.17) is 9.47 Å². The van der Waals surface area contributed by atoms with E-state index in [2.05, 4.69) is 11.7 Å². The minimum Gasteiger partial charge on any atom is -0.466 e. The fourth-order valence-electron chi connectivity index (χ4n) is 3.54. The molecule has 1 N–H and O–H groups in total. The van der Waals surface area contributed by atoms with E-state index in [0.29, 0.717) is 12.8 Å². The van der Waals surface area contributed by atoms with Crippen LogP contribution in [-0.2, 0) is 23.8 Å². The molecule has 6 nitrogen and oxygen atoms in total. The molecule has 0 aromatic carbocycles. The predicted octanol–water partition coefficient (Wildman–Crippen LogP) is 4.48. The first-order valence-corrected chi connectivity index (χ1v) is 11.2. The zero-order valence-corrected chi connectivity index (χ0v) is 18.4. The van der Waals surface area contributed by atoms with Gasteiger partial charge in [0.25, 0.3) is 0 Å². The molecule has 168 valence electrons. The summed E-state index contributed by atoms with van der Waals surface area (Å²) in [7, 11) is 1.31. The van der Waals surface area contributed by atoms with Crippen molar-refractivity contribution in [2.24, 2.45) is 0 Å². The highest BCUT2D eigenvalue weighted by atomic mass is 16.6. The van der Waals surface area contributed by atoms with Crippen molar-refractivity contribution in [2.75, 3.05) is 26.9 Å². The maximum Gasteiger partial charge on any atom is 0.330 e. The first-order valence-electron chi connectivity index (χ1n) is 11.2. The number of hydrogen-bond donors (Lipinski definition) is 1. The molecule has 1 heterocycles. The van der Waals surface area contributed by atoms with Crippen molar-refractivity contribution >= 4 is 11.9 Å². The average Bonchev–Trinajstić information content (AvgIpc) is 3.13. The fourth-order valence-corrected chi connectivity index (χ4v) is 3.54. The lowest BCUT2D eigenvalue weighted by Crippen LogP contribution is -2.38. The van der Waals surface area contributed by atoms with Crippen LogP contribution < -0.4 is 0 Å². The number of carbonyl (C=O) groups excluding carboxylic acids is 2. The van der Waals surface area contributed by atoms with Gasteiger partial charge in [-0.15, -0.1) is 0 Å². The average molecular weight is 413 g/mol. The zero-order chi connectivity index (χ0) is 21.4. The summed E-state index contributed by atoms with van der Waals surface area (Å²) in [6.07, 6.45) is 15.7. The van der Waals surface area contributed by atoms with Crippen molar-refractivity contribution in [1.29, 1.82) is 0 Å². The van der Waals surface area contributed by atoms with Crippen LogP contribution >= 0.6 is 0 Å². The Morgan fingerprint density at radius 3 is 2.17 bits per heavy atom. The third-order valence-corrected chi connectivity index (χ3v) is 5.40. The molecule has 0 radical (unpaired) electrons. The summed E-state index contributed by atoms with van der Waals surface area (Å²) in [6.45, 7) is 2.20. The topological polar surface area (TPSA) is 82.1 Å². The van der Waals surface area contributed by atoms with Gasteiger partial charge in [0, 0.05) is 18.9 Å². The summed E-state index contributed by atoms with van der Waals surface area (Å²) in [5, 5.41) is 9.66. The Morgan fingerprint density at radius 2 is 1.62 bits per heavy atom. The van der Waals surface area contributed by atoms with E-state index in [9.17, 15) is 14.7 Å². The predicted molar refractivity (Wildman–Crippen MR) is 113 cm³/mol. The Morgan fingerprint density at radius 1 is 1.03 bits per heavy atom. The highest BCUT2D eigenvalue weighted by Crippen LogP contribution is 2.30. The van der Waals surface area contributed by atoms with E-state index in [1.165, 1.54) is 64.6 Å². The molecule has 6 heteroatoms. The van der Waals surface area contributed by atoms with Gasteiger partial charge in [-0.1, -0.05) is 71.1 Å². The van der Waals surface area contributed by atoms with E-state index in [1.54, 1.807) is 0 Å². The second-order valence-electron chi connectivity index (χ2n) is 8.08. The van der Waals surface area contributed by atoms with Crippen LogP contribution in [0, 0.1) is 0 Å². The zero-order valence-electron chi connectivity index (χ0n) is 18.4. The van der Waals surface area contributed by atoms with Gasteiger partial charge in [0.15, 0.2) is 0 Å². The van der Waals surface area contributed by atoms with Gasteiger partial charge in [-0.2, -0.15) is 0 Å². The van der Waals surface area contributed by atoms with Crippen LogP contribution in [0.25, 0.3) is 0 Å². The van der Waals surface area contributed by atoms with Gasteiger partial charge in [-0.25, -0.2) is 4.79 Å². The van der Waals surface area contributed by atoms with Crippen molar-refractivity contribution in [3.05, 3.63) is 11.6 Å². The van der Waals surface area contributed by atoms with E-state index in [-0.39, 0.29) is 25.8 Å². The van der Waals surface area contributed by atoms with Crippen LogP contribution in [-0.4, -0.2) is 49.6 Å². The van der Waals surface area contributed by atoms with Gasteiger partial charge in [0.1, 0.15) is 12.2 Å². The van der Waals surface area contributed by atoms with Gasteiger partial charge in [-0.05, 0) is 12.0 Å². The smallest absolute Gasteiger partial charge is 0.330 e. The molecule has 0 aromatic heterocycles. The maximum absolute atomic E-state index is 12.0. The Kier molecular flexibility index (Phi) is 13.7. The molecule has 0 spiro atoms. The Labute approximate surface area is 176 Å². The largest absolute Gasteiger partial charge is 0.466 e. The van der Waals surface area contributed by atoms with Gasteiger partial charge >= 0.3 is 11.9 Å². The summed E-state index contributed by atoms with van der Waals surface area (Å²) in [5.41, 5.74) is -0.223. The summed E-state index contributed by atoms with van der Waals surface area (Å²) in [6, 6.07) is 0. The number of esters is 2. The monoisotopic (exact) mass is 412 g/mol. The van der Waals surface area contributed by atoms with Crippen LogP contribution in [0.2, 0.25) is 0 Å². The molecule has 1 saturated heterocycles. The SMILES string of the molecule is CCCCCCCCCCCCCC(=O)OCC1(CO)C/C(=C\C(=O)OC)CO1. The number of methoxy groups -OCH3 is 1. The normalized spacial score (nSPS) is 20.2. The Hall–Kier alpha value is -1.40. The second kappa shape index (κ2) is 15.4. The lowest BCUT2D eigenvalue weighted by atomic mass is 9.99. The van der Waals surface area contributed by atoms with Crippen molar-refractivity contribution in [1.82, 2.24) is 0 Å². The third kappa shape index (κ3) is 11.4. The summed E-state index contributed by atoms with van der Waals surface area (Å²) in [4.78, 5) is 23.3. The number of ether oxygens (including phenoxy) is 3.